The van der Waals surface area contributed by atoms with Crippen molar-refractivity contribution in [1.82, 2.24) is 19.6 Å². The largest absolute Gasteiger partial charge is 0.342 e. The van der Waals surface area contributed by atoms with Crippen LogP contribution in [-0.4, -0.2) is 48.8 Å². The van der Waals surface area contributed by atoms with Crippen molar-refractivity contribution in [3.63, 3.8) is 0 Å². The number of nitrogens with one attached hydrogen (secondary N) is 2. The van der Waals surface area contributed by atoms with E-state index in [0.29, 0.717) is 13.1 Å². The number of aromatic nitrogens is 2. The lowest BCUT2D eigenvalue weighted by Crippen LogP contribution is -2.42. The number of nitrogens with zero attached hydrogens (tertiary/aromatic N) is 2. The van der Waals surface area contributed by atoms with Gasteiger partial charge in [0.05, 0.1) is 19.1 Å². The molecule has 8 heteroatoms. The van der Waals surface area contributed by atoms with E-state index >= 15 is 0 Å². The number of imidazole rings is 1. The molecule has 0 aromatic carbocycles. The minimum absolute atomic E-state index is 0.0334. The molecule has 0 atom stereocenters. The molecular formula is C10H16N4O3S. The van der Waals surface area contributed by atoms with Crippen molar-refractivity contribution < 1.29 is 13.2 Å². The Morgan fingerprint density at radius 3 is 2.72 bits per heavy atom. The maximum Gasteiger partial charge on any atom is 0.258 e. The normalized spacial score (nSPS) is 16.8. The van der Waals surface area contributed by atoms with Crippen LogP contribution < -0.4 is 4.72 Å². The van der Waals surface area contributed by atoms with Gasteiger partial charge in [-0.15, -0.1) is 0 Å². The maximum atomic E-state index is 11.8. The fraction of sp³-hybridized carbons (Fsp3) is 0.600. The van der Waals surface area contributed by atoms with Gasteiger partial charge in [0.1, 0.15) is 0 Å². The SMILES string of the molecule is O=C(CNS(=O)(=O)c1cnc[nH]1)N1CCCCC1. The topological polar surface area (TPSA) is 95.2 Å². The Hall–Kier alpha value is -1.41. The smallest absolute Gasteiger partial charge is 0.258 e. The Balaban J connectivity index is 1.89. The van der Waals surface area contributed by atoms with Crippen LogP contribution in [0.25, 0.3) is 0 Å². The first-order valence-electron chi connectivity index (χ1n) is 5.85. The highest BCUT2D eigenvalue weighted by molar-refractivity contribution is 7.89. The minimum atomic E-state index is -3.67. The van der Waals surface area contributed by atoms with Crippen molar-refractivity contribution in [1.29, 1.82) is 0 Å². The first-order chi connectivity index (χ1) is 8.59. The number of carbonyl (C=O) groups is 1. The van der Waals surface area contributed by atoms with E-state index in [1.165, 1.54) is 12.5 Å². The van der Waals surface area contributed by atoms with Gasteiger partial charge in [-0.2, -0.15) is 0 Å². The van der Waals surface area contributed by atoms with Crippen LogP contribution in [0.5, 0.6) is 0 Å². The molecule has 18 heavy (non-hydrogen) atoms. The molecule has 1 aliphatic rings. The number of aromatic amines is 1. The third-order valence-corrected chi connectivity index (χ3v) is 4.21. The van der Waals surface area contributed by atoms with Crippen molar-refractivity contribution in [2.24, 2.45) is 0 Å². The zero-order valence-electron chi connectivity index (χ0n) is 9.92. The third-order valence-electron chi connectivity index (χ3n) is 2.88. The number of hydrogen-bond donors (Lipinski definition) is 2. The lowest BCUT2D eigenvalue weighted by atomic mass is 10.1. The van der Waals surface area contributed by atoms with Crippen LogP contribution in [0, 0.1) is 0 Å². The summed E-state index contributed by atoms with van der Waals surface area (Å²) in [5, 5.41) is -0.0334. The van der Waals surface area contributed by atoms with E-state index in [4.69, 9.17) is 0 Å². The maximum absolute atomic E-state index is 11.8. The molecule has 0 saturated carbocycles. The van der Waals surface area contributed by atoms with Crippen molar-refractivity contribution >= 4 is 15.9 Å². The van der Waals surface area contributed by atoms with Gasteiger partial charge in [0.2, 0.25) is 5.91 Å². The average molecular weight is 272 g/mol. The molecule has 0 spiro atoms. The van der Waals surface area contributed by atoms with Crippen molar-refractivity contribution in [2.75, 3.05) is 19.6 Å². The molecule has 100 valence electrons. The van der Waals surface area contributed by atoms with E-state index in [-0.39, 0.29) is 17.5 Å². The summed E-state index contributed by atoms with van der Waals surface area (Å²) in [4.78, 5) is 19.6. The summed E-state index contributed by atoms with van der Waals surface area (Å²) in [7, 11) is -3.67. The highest BCUT2D eigenvalue weighted by atomic mass is 32.2. The lowest BCUT2D eigenvalue weighted by molar-refractivity contribution is -0.130. The standard InChI is InChI=1S/C10H16N4O3S/c15-10(14-4-2-1-3-5-14)7-13-18(16,17)9-6-11-8-12-9/h6,8,13H,1-5,7H2,(H,11,12). The predicted octanol–water partition coefficient (Wildman–Crippen LogP) is -0.300. The summed E-state index contributed by atoms with van der Waals surface area (Å²) in [6.07, 6.45) is 5.58. The van der Waals surface area contributed by atoms with Crippen LogP contribution in [-0.2, 0) is 14.8 Å². The zero-order chi connectivity index (χ0) is 13.0. The Bertz CT molecular complexity index is 491. The molecule has 2 N–H and O–H groups in total. The Labute approximate surface area is 106 Å². The molecule has 1 amide bonds. The van der Waals surface area contributed by atoms with E-state index in [9.17, 15) is 13.2 Å². The number of H-pyrrole nitrogens is 1. The summed E-state index contributed by atoms with van der Waals surface area (Å²) in [6, 6.07) is 0. The van der Waals surface area contributed by atoms with Crippen molar-refractivity contribution in [2.45, 2.75) is 24.3 Å². The second-order valence-electron chi connectivity index (χ2n) is 4.18. The van der Waals surface area contributed by atoms with Crippen molar-refractivity contribution in [3.05, 3.63) is 12.5 Å². The highest BCUT2D eigenvalue weighted by Gasteiger charge is 2.20. The van der Waals surface area contributed by atoms with Gasteiger partial charge in [-0.25, -0.2) is 18.1 Å². The van der Waals surface area contributed by atoms with E-state index in [1.54, 1.807) is 4.90 Å². The van der Waals surface area contributed by atoms with Gasteiger partial charge in [-0.05, 0) is 19.3 Å². The Morgan fingerprint density at radius 2 is 2.11 bits per heavy atom. The van der Waals surface area contributed by atoms with Gasteiger partial charge in [0.15, 0.2) is 5.03 Å². The molecule has 1 aromatic heterocycles. The number of hydrogen-bond acceptors (Lipinski definition) is 4. The second-order valence-corrected chi connectivity index (χ2v) is 5.92. The zero-order valence-corrected chi connectivity index (χ0v) is 10.7. The molecular weight excluding hydrogens is 256 g/mol. The quantitative estimate of drug-likeness (QED) is 0.786. The van der Waals surface area contributed by atoms with Crippen LogP contribution in [0.4, 0.5) is 0 Å². The number of carbonyl (C=O) groups excluding carboxylic acids is 1. The fourth-order valence-corrected chi connectivity index (χ4v) is 2.76. The molecule has 0 aliphatic carbocycles. The first kappa shape index (κ1) is 13.0. The van der Waals surface area contributed by atoms with Gasteiger partial charge >= 0.3 is 0 Å². The molecule has 0 radical (unpaired) electrons. The number of piperidine rings is 1. The number of sulfonamides is 1. The van der Waals surface area contributed by atoms with Crippen LogP contribution in [0.3, 0.4) is 0 Å². The lowest BCUT2D eigenvalue weighted by Gasteiger charge is -2.26. The second kappa shape index (κ2) is 5.49. The van der Waals surface area contributed by atoms with Gasteiger partial charge in [0, 0.05) is 13.1 Å². The molecule has 0 bridgehead atoms. The van der Waals surface area contributed by atoms with E-state index in [0.717, 1.165) is 19.3 Å². The molecule has 1 fully saturated rings. The molecule has 2 heterocycles. The van der Waals surface area contributed by atoms with Gasteiger partial charge in [0.25, 0.3) is 10.0 Å². The van der Waals surface area contributed by atoms with E-state index in [1.807, 2.05) is 0 Å². The summed E-state index contributed by atoms with van der Waals surface area (Å²) in [6.45, 7) is 1.22. The number of rotatable bonds is 4. The molecule has 1 aliphatic heterocycles. The summed E-state index contributed by atoms with van der Waals surface area (Å²) < 4.78 is 25.7. The number of likely N-dealkylation sites (tertiary alicyclic amines) is 1. The van der Waals surface area contributed by atoms with Crippen LogP contribution in [0.15, 0.2) is 17.6 Å². The van der Waals surface area contributed by atoms with Crippen LogP contribution in [0.1, 0.15) is 19.3 Å². The minimum Gasteiger partial charge on any atom is -0.342 e. The number of amides is 1. The van der Waals surface area contributed by atoms with Crippen LogP contribution in [0.2, 0.25) is 0 Å². The van der Waals surface area contributed by atoms with E-state index in [2.05, 4.69) is 14.7 Å². The van der Waals surface area contributed by atoms with Gasteiger partial charge in [-0.1, -0.05) is 0 Å². The highest BCUT2D eigenvalue weighted by Crippen LogP contribution is 2.08. The fourth-order valence-electron chi connectivity index (χ4n) is 1.88. The Morgan fingerprint density at radius 1 is 1.39 bits per heavy atom. The summed E-state index contributed by atoms with van der Waals surface area (Å²) in [5.41, 5.74) is 0. The first-order valence-corrected chi connectivity index (χ1v) is 7.34. The molecule has 7 nitrogen and oxygen atoms in total. The predicted molar refractivity (Wildman–Crippen MR) is 64.2 cm³/mol. The average Bonchev–Trinajstić information content (AvgIpc) is 2.92. The summed E-state index contributed by atoms with van der Waals surface area (Å²) in [5.74, 6) is -0.183. The Kier molecular flexibility index (Phi) is 3.97. The molecule has 1 saturated heterocycles. The summed E-state index contributed by atoms with van der Waals surface area (Å²) >= 11 is 0. The van der Waals surface area contributed by atoms with Gasteiger partial charge in [-0.3, -0.25) is 4.79 Å². The van der Waals surface area contributed by atoms with E-state index < -0.39 is 10.0 Å². The molecule has 1 aromatic rings. The molecule has 2 rings (SSSR count). The third kappa shape index (κ3) is 3.08. The van der Waals surface area contributed by atoms with Crippen molar-refractivity contribution in [3.8, 4) is 0 Å². The monoisotopic (exact) mass is 272 g/mol. The van der Waals surface area contributed by atoms with Gasteiger partial charge < -0.3 is 9.88 Å². The van der Waals surface area contributed by atoms with Crippen LogP contribution >= 0.6 is 0 Å². The molecule has 0 unspecified atom stereocenters.